The summed E-state index contributed by atoms with van der Waals surface area (Å²) in [6.45, 7) is 11.2. The van der Waals surface area contributed by atoms with Crippen LogP contribution in [0.1, 0.15) is 123 Å². The maximum Gasteiger partial charge on any atom is 0.335 e. The Balaban J connectivity index is 1.49. The van der Waals surface area contributed by atoms with Crippen LogP contribution in [0.4, 0.5) is 0 Å². The fourth-order valence-electron chi connectivity index (χ4n) is 10.2. The number of aromatic carboxylic acids is 1. The van der Waals surface area contributed by atoms with Gasteiger partial charge in [-0.1, -0.05) is 45.4 Å². The van der Waals surface area contributed by atoms with Gasteiger partial charge in [-0.15, -0.1) is 0 Å². The number of carboxylic acid groups (broad SMARTS) is 1. The highest BCUT2D eigenvalue weighted by Gasteiger charge is 2.56. The van der Waals surface area contributed by atoms with Crippen molar-refractivity contribution in [3.05, 3.63) is 53.1 Å². The Bertz CT molecular complexity index is 1870. The molecule has 1 aromatic rings. The zero-order valence-electron chi connectivity index (χ0n) is 38.9. The number of Topliss-reactive ketones (excluding diaryl/α,β-unsaturated/α-hetero) is 2. The van der Waals surface area contributed by atoms with Gasteiger partial charge in [-0.25, -0.2) is 9.59 Å². The summed E-state index contributed by atoms with van der Waals surface area (Å²) < 4.78 is 30.6. The molecule has 0 radical (unpaired) electrons. The number of fused-ring (bicyclic) bond motifs is 3. The molecule has 5 N–H and O–H groups in total. The lowest BCUT2D eigenvalue weighted by molar-refractivity contribution is -0.302. The second-order valence-corrected chi connectivity index (χ2v) is 19.0. The number of piperidine rings is 1. The van der Waals surface area contributed by atoms with E-state index in [-0.39, 0.29) is 55.0 Å². The Kier molecular flexibility index (Phi) is 17.9. The van der Waals surface area contributed by atoms with Gasteiger partial charge in [0.15, 0.2) is 0 Å². The monoisotopic (exact) mass is 897 g/mol. The summed E-state index contributed by atoms with van der Waals surface area (Å²) in [5.41, 5.74) is 8.25. The first kappa shape index (κ1) is 51.0. The molecular weight excluding hydrogens is 825 g/mol. The van der Waals surface area contributed by atoms with Gasteiger partial charge in [0.2, 0.25) is 5.79 Å². The maximum atomic E-state index is 14.5. The fourth-order valence-corrected chi connectivity index (χ4v) is 10.2. The van der Waals surface area contributed by atoms with Crippen molar-refractivity contribution < 1.29 is 63.0 Å². The second kappa shape index (κ2) is 22.5. The quantitative estimate of drug-likeness (QED) is 0.142. The van der Waals surface area contributed by atoms with Crippen LogP contribution in [0.3, 0.4) is 0 Å². The maximum absolute atomic E-state index is 14.5. The zero-order chi connectivity index (χ0) is 47.0. The lowest BCUT2D eigenvalue weighted by Gasteiger charge is -2.47. The Morgan fingerprint density at radius 2 is 1.62 bits per heavy atom. The first-order valence-corrected chi connectivity index (χ1v) is 23.1. The van der Waals surface area contributed by atoms with Gasteiger partial charge in [0.25, 0.3) is 11.7 Å². The van der Waals surface area contributed by atoms with Crippen LogP contribution in [0.2, 0.25) is 0 Å². The van der Waals surface area contributed by atoms with Crippen LogP contribution in [-0.4, -0.2) is 125 Å². The number of methoxy groups -OCH3 is 2. The van der Waals surface area contributed by atoms with Crippen LogP contribution in [0, 0.1) is 29.6 Å². The van der Waals surface area contributed by atoms with Crippen molar-refractivity contribution in [3.8, 4) is 5.75 Å². The molecule has 1 aliphatic carbocycles. The molecular formula is C49H72N2O13. The Hall–Kier alpha value is -3.99. The SMILES string of the molecule is CCC1/C=C(\C)CC(C)CC(OC)C2OC(O)(C(=O)C(=O)N3CCCCC3C(=O)OC(C(C)=CC3CCC(N)C(Oc4ccc(C(=O)O)cc4)C3)C(C)C(O)CC1=O)C(C)CC2OC. The van der Waals surface area contributed by atoms with E-state index >= 15 is 0 Å². The molecule has 356 valence electrons. The number of benzene rings is 1. The number of hydrogen-bond donors (Lipinski definition) is 4. The van der Waals surface area contributed by atoms with E-state index in [0.29, 0.717) is 62.7 Å². The van der Waals surface area contributed by atoms with E-state index in [0.717, 1.165) is 5.57 Å². The van der Waals surface area contributed by atoms with E-state index in [1.54, 1.807) is 26.0 Å². The number of cyclic esters (lactones) is 1. The van der Waals surface area contributed by atoms with Crippen molar-refractivity contribution in [2.45, 2.75) is 167 Å². The average molecular weight is 897 g/mol. The number of carbonyl (C=O) groups excluding carboxylic acids is 4. The lowest BCUT2D eigenvalue weighted by Crippen LogP contribution is -2.64. The third kappa shape index (κ3) is 12.1. The standard InChI is InChI=1S/C49H72N2O13/c1-9-33-21-27(2)20-28(3)22-41(60-7)44-42(61-8)24-30(5)49(59,64-44)45(54)46(55)51-19-11-10-12-37(51)48(58)63-43(31(6)38(52)26-39(33)53)29(4)23-32-13-18-36(50)40(25-32)62-35-16-14-34(15-17-35)47(56)57/h14-17,21,23,28,30-33,36-38,40-44,52,59H,9-13,18-20,22,24-26,50H2,1-8H3,(H,56,57)/b27-21+,29-23?. The summed E-state index contributed by atoms with van der Waals surface area (Å²) in [6, 6.07) is 4.66. The topological polar surface area (TPSA) is 221 Å². The van der Waals surface area contributed by atoms with Gasteiger partial charge >= 0.3 is 11.9 Å². The number of rotatable bonds is 8. The number of allylic oxidation sites excluding steroid dienone is 3. The highest BCUT2D eigenvalue weighted by atomic mass is 16.7. The molecule has 1 amide bonds. The van der Waals surface area contributed by atoms with Gasteiger partial charge in [0.05, 0.1) is 23.9 Å². The third-order valence-corrected chi connectivity index (χ3v) is 14.1. The summed E-state index contributed by atoms with van der Waals surface area (Å²) in [6.07, 6.45) is 3.90. The number of carbonyl (C=O) groups is 5. The number of hydrogen-bond acceptors (Lipinski definition) is 13. The number of ketones is 2. The van der Waals surface area contributed by atoms with E-state index < -0.39 is 89.8 Å². The molecule has 3 fully saturated rings. The van der Waals surface area contributed by atoms with Crippen molar-refractivity contribution in [1.29, 1.82) is 0 Å². The number of esters is 1. The Morgan fingerprint density at radius 1 is 0.953 bits per heavy atom. The molecule has 14 atom stereocenters. The van der Waals surface area contributed by atoms with E-state index in [9.17, 15) is 39.3 Å². The summed E-state index contributed by atoms with van der Waals surface area (Å²) in [5.74, 6) is -8.40. The molecule has 0 aromatic heterocycles. The molecule has 2 bridgehead atoms. The minimum absolute atomic E-state index is 0.0132. The minimum atomic E-state index is -2.53. The number of aliphatic hydroxyl groups is 2. The summed E-state index contributed by atoms with van der Waals surface area (Å²) in [7, 11) is 3.05. The first-order chi connectivity index (χ1) is 30.3. The van der Waals surface area contributed by atoms with Gasteiger partial charge < -0.3 is 49.6 Å². The number of ether oxygens (including phenoxy) is 5. The van der Waals surface area contributed by atoms with Gasteiger partial charge in [-0.05, 0) is 120 Å². The van der Waals surface area contributed by atoms with E-state index in [4.69, 9.17) is 29.4 Å². The zero-order valence-corrected chi connectivity index (χ0v) is 38.9. The molecule has 3 heterocycles. The van der Waals surface area contributed by atoms with Crippen LogP contribution in [0.25, 0.3) is 0 Å². The predicted molar refractivity (Wildman–Crippen MR) is 237 cm³/mol. The molecule has 15 nitrogen and oxygen atoms in total. The number of aliphatic hydroxyl groups excluding tert-OH is 1. The van der Waals surface area contributed by atoms with Crippen molar-refractivity contribution in [3.63, 3.8) is 0 Å². The third-order valence-electron chi connectivity index (χ3n) is 14.1. The Morgan fingerprint density at radius 3 is 2.27 bits per heavy atom. The van der Waals surface area contributed by atoms with Crippen LogP contribution in [0.5, 0.6) is 5.75 Å². The molecule has 3 aliphatic heterocycles. The molecule has 0 spiro atoms. The van der Waals surface area contributed by atoms with Gasteiger partial charge in [-0.3, -0.25) is 14.4 Å². The van der Waals surface area contributed by atoms with E-state index in [2.05, 4.69) is 0 Å². The van der Waals surface area contributed by atoms with Crippen molar-refractivity contribution in [2.24, 2.45) is 35.3 Å². The van der Waals surface area contributed by atoms with Gasteiger partial charge in [-0.2, -0.15) is 0 Å². The Labute approximate surface area is 378 Å². The number of amides is 1. The minimum Gasteiger partial charge on any atom is -0.489 e. The molecule has 1 aromatic carbocycles. The van der Waals surface area contributed by atoms with Crippen LogP contribution < -0.4 is 10.5 Å². The van der Waals surface area contributed by atoms with Gasteiger partial charge in [0, 0.05) is 51.0 Å². The number of nitrogens with two attached hydrogens (primary N) is 1. The van der Waals surface area contributed by atoms with Crippen molar-refractivity contribution in [2.75, 3.05) is 20.8 Å². The number of nitrogens with zero attached hydrogens (tertiary/aromatic N) is 1. The van der Waals surface area contributed by atoms with Crippen LogP contribution in [-0.2, 0) is 38.1 Å². The normalized spacial score (nSPS) is 37.7. The fraction of sp³-hybridized carbons (Fsp3) is 0.694. The summed E-state index contributed by atoms with van der Waals surface area (Å²) in [4.78, 5) is 69.6. The molecule has 2 saturated heterocycles. The summed E-state index contributed by atoms with van der Waals surface area (Å²) in [5, 5.41) is 33.2. The average Bonchev–Trinajstić information content (AvgIpc) is 3.27. The van der Waals surface area contributed by atoms with E-state index in [1.165, 1.54) is 31.3 Å². The van der Waals surface area contributed by atoms with Gasteiger partial charge in [0.1, 0.15) is 35.9 Å². The highest BCUT2D eigenvalue weighted by molar-refractivity contribution is 6.39. The largest absolute Gasteiger partial charge is 0.489 e. The first-order valence-electron chi connectivity index (χ1n) is 23.1. The highest BCUT2D eigenvalue weighted by Crippen LogP contribution is 2.39. The summed E-state index contributed by atoms with van der Waals surface area (Å²) >= 11 is 0. The lowest BCUT2D eigenvalue weighted by atomic mass is 9.81. The molecule has 5 rings (SSSR count). The molecule has 64 heavy (non-hydrogen) atoms. The van der Waals surface area contributed by atoms with Crippen LogP contribution >= 0.6 is 0 Å². The molecule has 14 unspecified atom stereocenters. The molecule has 15 heteroatoms. The second-order valence-electron chi connectivity index (χ2n) is 19.0. The van der Waals surface area contributed by atoms with E-state index in [1.807, 2.05) is 39.8 Å². The van der Waals surface area contributed by atoms with Crippen LogP contribution in [0.15, 0.2) is 47.6 Å². The smallest absolute Gasteiger partial charge is 0.335 e. The molecule has 4 aliphatic rings. The van der Waals surface area contributed by atoms with Crippen molar-refractivity contribution >= 4 is 29.4 Å². The molecule has 1 saturated carbocycles. The number of carboxylic acids is 1. The van der Waals surface area contributed by atoms with Crippen molar-refractivity contribution in [1.82, 2.24) is 4.90 Å². The predicted octanol–water partition coefficient (Wildman–Crippen LogP) is 5.57.